The van der Waals surface area contributed by atoms with Gasteiger partial charge in [-0.3, -0.25) is 14.6 Å². The Bertz CT molecular complexity index is 1370. The number of benzene rings is 2. The van der Waals surface area contributed by atoms with E-state index in [1.165, 1.54) is 12.1 Å². The van der Waals surface area contributed by atoms with Gasteiger partial charge in [-0.1, -0.05) is 30.7 Å². The van der Waals surface area contributed by atoms with E-state index in [1.54, 1.807) is 10.6 Å². The molecule has 2 heterocycles. The van der Waals surface area contributed by atoms with Gasteiger partial charge in [0.2, 0.25) is 0 Å². The summed E-state index contributed by atoms with van der Waals surface area (Å²) in [6.45, 7) is 2.32. The Morgan fingerprint density at radius 3 is 2.53 bits per heavy atom. The van der Waals surface area contributed by atoms with Gasteiger partial charge >= 0.3 is 11.9 Å². The van der Waals surface area contributed by atoms with E-state index in [4.69, 9.17) is 21.6 Å². The lowest BCUT2D eigenvalue weighted by Gasteiger charge is -2.06. The number of para-hydroxylation sites is 1. The molecule has 0 aliphatic heterocycles. The molecule has 0 saturated carbocycles. The average Bonchev–Trinajstić information content (AvgIpc) is 3.09. The second kappa shape index (κ2) is 12.2. The number of nitrogens with zero attached hydrogens (tertiary/aromatic N) is 2. The maximum Gasteiger partial charge on any atom is 0.323 e. The molecule has 0 bridgehead atoms. The fraction of sp³-hybridized carbons (Fsp3) is 0.296. The van der Waals surface area contributed by atoms with Crippen molar-refractivity contribution in [3.8, 4) is 0 Å². The van der Waals surface area contributed by atoms with Crippen molar-refractivity contribution in [2.45, 2.75) is 45.2 Å². The normalized spacial score (nSPS) is 11.8. The molecular weight excluding hydrogens is 463 g/mol. The number of hydrogen-bond donors (Lipinski definition) is 4. The molecule has 36 heavy (non-hydrogen) atoms. The van der Waals surface area contributed by atoms with Crippen molar-refractivity contribution < 1.29 is 24.2 Å². The third-order valence-corrected chi connectivity index (χ3v) is 6.01. The summed E-state index contributed by atoms with van der Waals surface area (Å²) >= 11 is 0. The average molecular weight is 495 g/mol. The summed E-state index contributed by atoms with van der Waals surface area (Å²) in [4.78, 5) is 26.1. The number of carboxylic acid groups (broad SMARTS) is 2. The Balaban J connectivity index is 0.000000308. The Morgan fingerprint density at radius 2 is 1.83 bits per heavy atom. The van der Waals surface area contributed by atoms with Gasteiger partial charge in [0.1, 0.15) is 18.4 Å². The predicted molar refractivity (Wildman–Crippen MR) is 137 cm³/mol. The van der Waals surface area contributed by atoms with Gasteiger partial charge in [-0.15, -0.1) is 0 Å². The Morgan fingerprint density at radius 1 is 1.08 bits per heavy atom. The zero-order valence-electron chi connectivity index (χ0n) is 20.2. The van der Waals surface area contributed by atoms with Crippen LogP contribution in [0.5, 0.6) is 0 Å². The number of carbonyl (C=O) groups is 2. The highest BCUT2D eigenvalue weighted by Crippen LogP contribution is 2.29. The Kier molecular flexibility index (Phi) is 9.10. The third-order valence-electron chi connectivity index (χ3n) is 6.01. The number of aromatic nitrogens is 2. The van der Waals surface area contributed by atoms with Crippen molar-refractivity contribution in [2.75, 3.05) is 6.54 Å². The number of nitrogens with two attached hydrogens (primary N) is 2. The molecule has 2 aromatic heterocycles. The number of carboxylic acids is 2. The summed E-state index contributed by atoms with van der Waals surface area (Å²) in [6, 6.07) is 15.6. The van der Waals surface area contributed by atoms with E-state index in [0.717, 1.165) is 51.6 Å². The molecule has 4 aromatic rings. The lowest BCUT2D eigenvalue weighted by molar-refractivity contribution is -0.139. The van der Waals surface area contributed by atoms with Crippen LogP contribution in [0.1, 0.15) is 36.2 Å². The lowest BCUT2D eigenvalue weighted by Crippen LogP contribution is -2.29. The molecule has 2 aromatic carbocycles. The summed E-state index contributed by atoms with van der Waals surface area (Å²) in [5.41, 5.74) is 14.6. The van der Waals surface area contributed by atoms with Crippen molar-refractivity contribution in [3.63, 3.8) is 0 Å². The highest BCUT2D eigenvalue weighted by molar-refractivity contribution is 5.87. The molecule has 0 aliphatic carbocycles. The molecule has 1 unspecified atom stereocenters. The number of aliphatic carboxylic acids is 2. The monoisotopic (exact) mass is 494 g/mol. The van der Waals surface area contributed by atoms with Crippen LogP contribution in [-0.2, 0) is 22.6 Å². The van der Waals surface area contributed by atoms with Gasteiger partial charge in [0.15, 0.2) is 0 Å². The van der Waals surface area contributed by atoms with Crippen molar-refractivity contribution in [3.05, 3.63) is 77.4 Å². The summed E-state index contributed by atoms with van der Waals surface area (Å²) in [5.74, 6) is -2.19. The van der Waals surface area contributed by atoms with Crippen LogP contribution in [0.15, 0.2) is 54.6 Å². The first-order chi connectivity index (χ1) is 17.2. The van der Waals surface area contributed by atoms with E-state index in [1.807, 2.05) is 43.3 Å². The van der Waals surface area contributed by atoms with Gasteiger partial charge in [0, 0.05) is 34.1 Å². The molecule has 9 heteroatoms. The van der Waals surface area contributed by atoms with Crippen molar-refractivity contribution in [1.29, 1.82) is 0 Å². The SMILES string of the molecule is Cc1c(Cc2ccc3ccccc3n2)c2cc(F)ccc2n1CC(=O)O.NCCCCC(N)C(=O)O. The quantitative estimate of drug-likeness (QED) is 0.259. The smallest absolute Gasteiger partial charge is 0.323 e. The number of pyridine rings is 1. The number of hydrogen-bond acceptors (Lipinski definition) is 5. The second-order valence-corrected chi connectivity index (χ2v) is 8.61. The van der Waals surface area contributed by atoms with Crippen molar-refractivity contribution >= 4 is 33.7 Å². The molecule has 0 aliphatic rings. The first kappa shape index (κ1) is 26.8. The fourth-order valence-corrected chi connectivity index (χ4v) is 4.11. The topological polar surface area (TPSA) is 144 Å². The minimum absolute atomic E-state index is 0.154. The van der Waals surface area contributed by atoms with Gasteiger partial charge in [-0.25, -0.2) is 4.39 Å². The molecule has 190 valence electrons. The van der Waals surface area contributed by atoms with Gasteiger partial charge in [-0.2, -0.15) is 0 Å². The number of halogens is 1. The maximum absolute atomic E-state index is 13.8. The van der Waals surface area contributed by atoms with E-state index in [0.29, 0.717) is 19.4 Å². The molecular formula is C27H31FN4O4. The summed E-state index contributed by atoms with van der Waals surface area (Å²) in [6.07, 6.45) is 2.68. The Hall–Kier alpha value is -3.82. The lowest BCUT2D eigenvalue weighted by atomic mass is 10.0. The number of rotatable bonds is 9. The highest BCUT2D eigenvalue weighted by atomic mass is 19.1. The molecule has 0 radical (unpaired) electrons. The molecule has 1 atom stereocenters. The second-order valence-electron chi connectivity index (χ2n) is 8.61. The molecule has 0 fully saturated rings. The van der Waals surface area contributed by atoms with Gasteiger partial charge in [-0.05, 0) is 62.2 Å². The molecule has 0 amide bonds. The maximum atomic E-state index is 13.8. The van der Waals surface area contributed by atoms with Crippen molar-refractivity contribution in [1.82, 2.24) is 9.55 Å². The zero-order chi connectivity index (χ0) is 26.2. The molecule has 0 saturated heterocycles. The highest BCUT2D eigenvalue weighted by Gasteiger charge is 2.17. The van der Waals surface area contributed by atoms with Gasteiger partial charge in [0.25, 0.3) is 0 Å². The molecule has 6 N–H and O–H groups in total. The predicted octanol–water partition coefficient (Wildman–Crippen LogP) is 3.84. The van der Waals surface area contributed by atoms with Crippen LogP contribution in [0.25, 0.3) is 21.8 Å². The van der Waals surface area contributed by atoms with Crippen LogP contribution >= 0.6 is 0 Å². The largest absolute Gasteiger partial charge is 0.480 e. The molecule has 8 nitrogen and oxygen atoms in total. The van der Waals surface area contributed by atoms with Crippen LogP contribution < -0.4 is 11.5 Å². The standard InChI is InChI=1S/C21H17FN2O2.C6H14N2O2/c1-13-17(11-16-8-6-14-4-2-3-5-19(14)23-16)18-10-15(22)7-9-20(18)24(13)12-21(25)26;7-4-2-1-3-5(8)6(9)10/h2-10H,11-12H2,1H3,(H,25,26);5H,1-4,7-8H2,(H,9,10). The third kappa shape index (κ3) is 6.65. The molecule has 4 rings (SSSR count). The number of unbranched alkanes of at least 4 members (excludes halogenated alkanes) is 1. The minimum atomic E-state index is -0.933. The van der Waals surface area contributed by atoms with E-state index < -0.39 is 18.0 Å². The fourth-order valence-electron chi connectivity index (χ4n) is 4.11. The first-order valence-electron chi connectivity index (χ1n) is 11.7. The van der Waals surface area contributed by atoms with Crippen LogP contribution in [0.3, 0.4) is 0 Å². The Labute approximate surface area is 208 Å². The summed E-state index contributed by atoms with van der Waals surface area (Å²) in [7, 11) is 0. The van der Waals surface area contributed by atoms with Gasteiger partial charge in [0.05, 0.1) is 5.52 Å². The van der Waals surface area contributed by atoms with Gasteiger partial charge < -0.3 is 26.2 Å². The summed E-state index contributed by atoms with van der Waals surface area (Å²) < 4.78 is 15.5. The van der Waals surface area contributed by atoms with E-state index >= 15 is 0 Å². The van der Waals surface area contributed by atoms with Crippen LogP contribution in [0, 0.1) is 12.7 Å². The minimum Gasteiger partial charge on any atom is -0.480 e. The molecule has 0 spiro atoms. The van der Waals surface area contributed by atoms with Crippen molar-refractivity contribution in [2.24, 2.45) is 11.5 Å². The van der Waals surface area contributed by atoms with Crippen LogP contribution in [0.2, 0.25) is 0 Å². The van der Waals surface area contributed by atoms with Crippen LogP contribution in [0.4, 0.5) is 4.39 Å². The first-order valence-corrected chi connectivity index (χ1v) is 11.7. The zero-order valence-corrected chi connectivity index (χ0v) is 20.2. The van der Waals surface area contributed by atoms with E-state index in [2.05, 4.69) is 0 Å². The van der Waals surface area contributed by atoms with E-state index in [-0.39, 0.29) is 12.4 Å². The van der Waals surface area contributed by atoms with Crippen LogP contribution in [-0.4, -0.2) is 44.3 Å². The number of fused-ring (bicyclic) bond motifs is 2. The van der Waals surface area contributed by atoms with E-state index in [9.17, 15) is 19.1 Å². The summed E-state index contributed by atoms with van der Waals surface area (Å²) in [5, 5.41) is 19.3.